The van der Waals surface area contributed by atoms with Crippen LogP contribution >= 0.6 is 11.6 Å². The summed E-state index contributed by atoms with van der Waals surface area (Å²) in [5, 5.41) is 19.6. The van der Waals surface area contributed by atoms with Gasteiger partial charge in [-0.25, -0.2) is 9.18 Å². The summed E-state index contributed by atoms with van der Waals surface area (Å²) in [6, 6.07) is 2.21. The van der Waals surface area contributed by atoms with Crippen LogP contribution in [0.25, 0.3) is 0 Å². The van der Waals surface area contributed by atoms with E-state index in [1.807, 2.05) is 0 Å². The lowest BCUT2D eigenvalue weighted by Gasteiger charge is -2.14. The third kappa shape index (κ3) is 5.02. The van der Waals surface area contributed by atoms with Crippen molar-refractivity contribution in [3.63, 3.8) is 0 Å². The molecule has 0 aliphatic heterocycles. The molecule has 0 bridgehead atoms. The van der Waals surface area contributed by atoms with Crippen LogP contribution in [-0.4, -0.2) is 41.3 Å². The topological polar surface area (TPSA) is 95.9 Å². The first-order valence-corrected chi connectivity index (χ1v) is 6.02. The molecule has 110 valence electrons. The fraction of sp³-hybridized carbons (Fsp3) is 0.333. The van der Waals surface area contributed by atoms with Gasteiger partial charge in [0.05, 0.1) is 5.02 Å². The maximum absolute atomic E-state index is 12.8. The molecule has 1 rings (SSSR count). The smallest absolute Gasteiger partial charge is 0.326 e. The van der Waals surface area contributed by atoms with Gasteiger partial charge < -0.3 is 20.3 Å². The molecule has 20 heavy (non-hydrogen) atoms. The van der Waals surface area contributed by atoms with Gasteiger partial charge in [-0.3, -0.25) is 4.79 Å². The second-order valence-corrected chi connectivity index (χ2v) is 4.24. The zero-order valence-electron chi connectivity index (χ0n) is 10.3. The van der Waals surface area contributed by atoms with Crippen LogP contribution in [0.5, 0.6) is 5.75 Å². The van der Waals surface area contributed by atoms with Crippen molar-refractivity contribution in [3.05, 3.63) is 29.0 Å². The molecule has 0 fully saturated rings. The van der Waals surface area contributed by atoms with E-state index in [4.69, 9.17) is 26.6 Å². The lowest BCUT2D eigenvalue weighted by molar-refractivity contribution is -0.142. The lowest BCUT2D eigenvalue weighted by Crippen LogP contribution is -2.43. The van der Waals surface area contributed by atoms with Crippen molar-refractivity contribution in [2.45, 2.75) is 12.5 Å². The number of hydrogen-bond donors (Lipinski definition) is 3. The van der Waals surface area contributed by atoms with Gasteiger partial charge in [-0.2, -0.15) is 0 Å². The molecule has 0 radical (unpaired) electrons. The van der Waals surface area contributed by atoms with Crippen molar-refractivity contribution in [2.24, 2.45) is 0 Å². The Morgan fingerprint density at radius 3 is 2.70 bits per heavy atom. The summed E-state index contributed by atoms with van der Waals surface area (Å²) in [5.74, 6) is -2.38. The molecule has 0 aliphatic rings. The molecule has 1 amide bonds. The minimum Gasteiger partial charge on any atom is -0.482 e. The van der Waals surface area contributed by atoms with Crippen molar-refractivity contribution in [1.82, 2.24) is 5.32 Å². The SMILES string of the molecule is O=C(COc1ccc(F)cc1Cl)N[C@@H](CCO)C(=O)O. The first-order chi connectivity index (χ1) is 9.43. The van der Waals surface area contributed by atoms with Gasteiger partial charge in [0.1, 0.15) is 17.6 Å². The molecule has 1 atom stereocenters. The molecule has 0 saturated heterocycles. The highest BCUT2D eigenvalue weighted by Crippen LogP contribution is 2.24. The van der Waals surface area contributed by atoms with Gasteiger partial charge in [-0.1, -0.05) is 11.6 Å². The summed E-state index contributed by atoms with van der Waals surface area (Å²) in [6.07, 6.45) is -0.113. The number of aliphatic carboxylic acids is 1. The second-order valence-electron chi connectivity index (χ2n) is 3.83. The predicted octanol–water partition coefficient (Wildman–Crippen LogP) is 0.810. The number of aliphatic hydroxyl groups excluding tert-OH is 1. The number of benzene rings is 1. The first kappa shape index (κ1) is 16.2. The van der Waals surface area contributed by atoms with Crippen LogP contribution in [0.2, 0.25) is 5.02 Å². The van der Waals surface area contributed by atoms with E-state index in [2.05, 4.69) is 5.32 Å². The molecule has 0 spiro atoms. The molecule has 0 heterocycles. The quantitative estimate of drug-likeness (QED) is 0.693. The van der Waals surface area contributed by atoms with Gasteiger partial charge >= 0.3 is 5.97 Å². The zero-order valence-corrected chi connectivity index (χ0v) is 11.1. The Labute approximate surface area is 119 Å². The van der Waals surface area contributed by atoms with Crippen LogP contribution in [0.1, 0.15) is 6.42 Å². The first-order valence-electron chi connectivity index (χ1n) is 5.65. The number of carbonyl (C=O) groups excluding carboxylic acids is 1. The van der Waals surface area contributed by atoms with Crippen molar-refractivity contribution in [3.8, 4) is 5.75 Å². The van der Waals surface area contributed by atoms with E-state index < -0.39 is 30.3 Å². The Kier molecular flexibility index (Phi) is 6.20. The molecule has 8 heteroatoms. The number of halogens is 2. The van der Waals surface area contributed by atoms with Crippen molar-refractivity contribution >= 4 is 23.5 Å². The number of carboxylic acid groups (broad SMARTS) is 1. The molecule has 0 saturated carbocycles. The molecular formula is C12H13ClFNO5. The average Bonchev–Trinajstić information content (AvgIpc) is 2.37. The molecule has 1 aromatic rings. The maximum Gasteiger partial charge on any atom is 0.326 e. The minimum absolute atomic E-state index is 0.00272. The monoisotopic (exact) mass is 305 g/mol. The standard InChI is InChI=1S/C12H13ClFNO5/c13-8-5-7(14)1-2-10(8)20-6-11(17)15-9(3-4-16)12(18)19/h1-2,5,9,16H,3-4,6H2,(H,15,17)(H,18,19)/t9-/m0/s1. The highest BCUT2D eigenvalue weighted by atomic mass is 35.5. The summed E-state index contributed by atoms with van der Waals surface area (Å²) in [6.45, 7) is -0.845. The van der Waals surface area contributed by atoms with Crippen LogP contribution < -0.4 is 10.1 Å². The predicted molar refractivity (Wildman–Crippen MR) is 68.2 cm³/mol. The Hall–Kier alpha value is -1.86. The fourth-order valence-electron chi connectivity index (χ4n) is 1.36. The van der Waals surface area contributed by atoms with Gasteiger partial charge in [0, 0.05) is 13.0 Å². The van der Waals surface area contributed by atoms with E-state index >= 15 is 0 Å². The third-order valence-corrected chi connectivity index (χ3v) is 2.60. The number of hydrogen-bond acceptors (Lipinski definition) is 4. The number of nitrogens with one attached hydrogen (secondary N) is 1. The van der Waals surface area contributed by atoms with Crippen LogP contribution in [0.15, 0.2) is 18.2 Å². The third-order valence-electron chi connectivity index (χ3n) is 2.30. The lowest BCUT2D eigenvalue weighted by atomic mass is 10.2. The van der Waals surface area contributed by atoms with Crippen LogP contribution in [0.4, 0.5) is 4.39 Å². The summed E-state index contributed by atoms with van der Waals surface area (Å²) in [7, 11) is 0. The maximum atomic E-state index is 12.8. The molecule has 0 unspecified atom stereocenters. The number of aliphatic hydroxyl groups is 1. The number of carbonyl (C=O) groups is 2. The van der Waals surface area contributed by atoms with Gasteiger partial charge in [0.2, 0.25) is 0 Å². The Bertz CT molecular complexity index is 497. The molecule has 0 aliphatic carbocycles. The molecule has 0 aromatic heterocycles. The van der Waals surface area contributed by atoms with Crippen molar-refractivity contribution in [1.29, 1.82) is 0 Å². The fourth-order valence-corrected chi connectivity index (χ4v) is 1.58. The Morgan fingerprint density at radius 1 is 1.45 bits per heavy atom. The van der Waals surface area contributed by atoms with E-state index in [1.54, 1.807) is 0 Å². The summed E-state index contributed by atoms with van der Waals surface area (Å²) < 4.78 is 17.8. The highest BCUT2D eigenvalue weighted by Gasteiger charge is 2.19. The van der Waals surface area contributed by atoms with Gasteiger partial charge in [-0.15, -0.1) is 0 Å². The van der Waals surface area contributed by atoms with E-state index in [1.165, 1.54) is 6.07 Å². The Balaban J connectivity index is 2.52. The number of rotatable bonds is 7. The van der Waals surface area contributed by atoms with E-state index in [-0.39, 0.29) is 23.8 Å². The number of ether oxygens (including phenoxy) is 1. The highest BCUT2D eigenvalue weighted by molar-refractivity contribution is 6.32. The number of carboxylic acids is 1. The molecular weight excluding hydrogens is 293 g/mol. The normalized spacial score (nSPS) is 11.8. The summed E-state index contributed by atoms with van der Waals surface area (Å²) in [5.41, 5.74) is 0. The van der Waals surface area contributed by atoms with E-state index in [9.17, 15) is 14.0 Å². The van der Waals surface area contributed by atoms with Crippen LogP contribution in [0.3, 0.4) is 0 Å². The summed E-state index contributed by atoms with van der Waals surface area (Å²) in [4.78, 5) is 22.2. The van der Waals surface area contributed by atoms with Gasteiger partial charge in [-0.05, 0) is 18.2 Å². The van der Waals surface area contributed by atoms with Gasteiger partial charge in [0.15, 0.2) is 6.61 Å². The zero-order chi connectivity index (χ0) is 15.1. The van der Waals surface area contributed by atoms with Crippen LogP contribution in [-0.2, 0) is 9.59 Å². The van der Waals surface area contributed by atoms with E-state index in [0.29, 0.717) is 0 Å². The number of amides is 1. The average molecular weight is 306 g/mol. The van der Waals surface area contributed by atoms with Crippen LogP contribution in [0, 0.1) is 5.82 Å². The molecule has 1 aromatic carbocycles. The molecule has 6 nitrogen and oxygen atoms in total. The van der Waals surface area contributed by atoms with Crippen molar-refractivity contribution < 1.29 is 28.9 Å². The van der Waals surface area contributed by atoms with Crippen molar-refractivity contribution in [2.75, 3.05) is 13.2 Å². The Morgan fingerprint density at radius 2 is 2.15 bits per heavy atom. The second kappa shape index (κ2) is 7.66. The largest absolute Gasteiger partial charge is 0.482 e. The molecule has 3 N–H and O–H groups in total. The van der Waals surface area contributed by atoms with E-state index in [0.717, 1.165) is 12.1 Å². The minimum atomic E-state index is -1.26. The summed E-state index contributed by atoms with van der Waals surface area (Å²) >= 11 is 5.70. The van der Waals surface area contributed by atoms with Gasteiger partial charge in [0.25, 0.3) is 5.91 Å².